The average molecular weight is 424 g/mol. The number of hydrogen-bond donors (Lipinski definition) is 1. The van der Waals surface area contributed by atoms with Crippen molar-refractivity contribution in [3.05, 3.63) is 48.0 Å². The van der Waals surface area contributed by atoms with Crippen LogP contribution in [0.25, 0.3) is 0 Å². The monoisotopic (exact) mass is 423 g/mol. The molecule has 0 aromatic heterocycles. The maximum Gasteiger partial charge on any atom is 0.220 e. The van der Waals surface area contributed by atoms with Gasteiger partial charge in [-0.3, -0.25) is 4.79 Å². The van der Waals surface area contributed by atoms with Crippen LogP contribution >= 0.6 is 0 Å². The molecule has 164 valence electrons. The van der Waals surface area contributed by atoms with Gasteiger partial charge >= 0.3 is 0 Å². The number of ether oxygens (including phenoxy) is 3. The Balaban J connectivity index is 1.36. The molecule has 0 bridgehead atoms. The number of benzene rings is 2. The van der Waals surface area contributed by atoms with Crippen LogP contribution in [0.3, 0.4) is 0 Å². The molecule has 0 unspecified atom stereocenters. The molecule has 31 heavy (non-hydrogen) atoms. The quantitative estimate of drug-likeness (QED) is 0.622. The normalized spacial score (nSPS) is 13.9. The van der Waals surface area contributed by atoms with Crippen LogP contribution in [0, 0.1) is 11.3 Å². The maximum absolute atomic E-state index is 12.3. The number of nitrogens with zero attached hydrogens (tertiary/aromatic N) is 2. The third-order valence-electron chi connectivity index (χ3n) is 5.40. The minimum absolute atomic E-state index is 0.0540. The van der Waals surface area contributed by atoms with E-state index in [0.29, 0.717) is 36.5 Å². The minimum Gasteiger partial charge on any atom is -0.497 e. The summed E-state index contributed by atoms with van der Waals surface area (Å²) in [6, 6.07) is 15.4. The van der Waals surface area contributed by atoms with Gasteiger partial charge in [-0.2, -0.15) is 5.26 Å². The summed E-state index contributed by atoms with van der Waals surface area (Å²) in [5.41, 5.74) is 1.70. The van der Waals surface area contributed by atoms with Crippen LogP contribution in [-0.2, 0) is 4.79 Å². The lowest BCUT2D eigenvalue weighted by Crippen LogP contribution is -2.44. The number of amides is 1. The van der Waals surface area contributed by atoms with Crippen LogP contribution in [0.15, 0.2) is 42.5 Å². The highest BCUT2D eigenvalue weighted by molar-refractivity contribution is 5.76. The first-order valence-electron chi connectivity index (χ1n) is 10.5. The van der Waals surface area contributed by atoms with Crippen molar-refractivity contribution in [2.45, 2.75) is 31.7 Å². The third-order valence-corrected chi connectivity index (χ3v) is 5.40. The Hall–Kier alpha value is -3.40. The third kappa shape index (κ3) is 6.29. The SMILES string of the molecule is COc1ccc(N2CCC(NC(=O)CCCOc3ccc(C#N)cc3OC)CC2)cc1. The van der Waals surface area contributed by atoms with Crippen LogP contribution in [0.2, 0.25) is 0 Å². The Bertz CT molecular complexity index is 900. The Morgan fingerprint density at radius 3 is 2.48 bits per heavy atom. The van der Waals surface area contributed by atoms with E-state index in [9.17, 15) is 4.79 Å². The molecule has 1 heterocycles. The fourth-order valence-electron chi connectivity index (χ4n) is 3.65. The lowest BCUT2D eigenvalue weighted by Gasteiger charge is -2.34. The predicted octanol–water partition coefficient (Wildman–Crippen LogP) is 3.52. The van der Waals surface area contributed by atoms with Crippen LogP contribution in [0.5, 0.6) is 17.2 Å². The second-order valence-electron chi connectivity index (χ2n) is 7.46. The van der Waals surface area contributed by atoms with Crippen LogP contribution in [0.4, 0.5) is 5.69 Å². The summed E-state index contributed by atoms with van der Waals surface area (Å²) in [6.45, 7) is 2.24. The van der Waals surface area contributed by atoms with Gasteiger partial charge in [0.15, 0.2) is 11.5 Å². The summed E-state index contributed by atoms with van der Waals surface area (Å²) < 4.78 is 16.2. The van der Waals surface area contributed by atoms with Gasteiger partial charge in [0.2, 0.25) is 5.91 Å². The zero-order valence-corrected chi connectivity index (χ0v) is 18.1. The fourth-order valence-corrected chi connectivity index (χ4v) is 3.65. The molecule has 3 rings (SSSR count). The van der Waals surface area contributed by atoms with Crippen LogP contribution in [0.1, 0.15) is 31.2 Å². The highest BCUT2D eigenvalue weighted by atomic mass is 16.5. The van der Waals surface area contributed by atoms with Gasteiger partial charge in [0.1, 0.15) is 5.75 Å². The molecule has 1 fully saturated rings. The summed E-state index contributed by atoms with van der Waals surface area (Å²) in [6.07, 6.45) is 2.88. The van der Waals surface area contributed by atoms with Gasteiger partial charge in [-0.1, -0.05) is 0 Å². The van der Waals surface area contributed by atoms with Gasteiger partial charge in [0, 0.05) is 37.3 Å². The van der Waals surface area contributed by atoms with Gasteiger partial charge in [0.05, 0.1) is 32.5 Å². The second-order valence-corrected chi connectivity index (χ2v) is 7.46. The molecule has 0 saturated carbocycles. The molecule has 1 N–H and O–H groups in total. The van der Waals surface area contributed by atoms with E-state index >= 15 is 0 Å². The fraction of sp³-hybridized carbons (Fsp3) is 0.417. The lowest BCUT2D eigenvalue weighted by molar-refractivity contribution is -0.122. The van der Waals surface area contributed by atoms with Crippen molar-refractivity contribution in [2.24, 2.45) is 0 Å². The molecule has 7 heteroatoms. The molecule has 7 nitrogen and oxygen atoms in total. The van der Waals surface area contributed by atoms with Gasteiger partial charge in [-0.15, -0.1) is 0 Å². The predicted molar refractivity (Wildman–Crippen MR) is 119 cm³/mol. The Kier molecular flexibility index (Phi) is 7.99. The smallest absolute Gasteiger partial charge is 0.220 e. The summed E-state index contributed by atoms with van der Waals surface area (Å²) in [7, 11) is 3.20. The molecular weight excluding hydrogens is 394 g/mol. The largest absolute Gasteiger partial charge is 0.497 e. The van der Waals surface area contributed by atoms with E-state index in [1.165, 1.54) is 12.8 Å². The van der Waals surface area contributed by atoms with Crippen LogP contribution < -0.4 is 24.4 Å². The van der Waals surface area contributed by atoms with Gasteiger partial charge in [-0.25, -0.2) is 0 Å². The molecule has 0 aliphatic carbocycles. The van der Waals surface area contributed by atoms with E-state index in [1.54, 1.807) is 25.3 Å². The van der Waals surface area contributed by atoms with Gasteiger partial charge in [0.25, 0.3) is 0 Å². The first-order valence-corrected chi connectivity index (χ1v) is 10.5. The first kappa shape index (κ1) is 22.3. The minimum atomic E-state index is 0.0540. The lowest BCUT2D eigenvalue weighted by atomic mass is 10.0. The molecule has 1 amide bonds. The van der Waals surface area contributed by atoms with E-state index < -0.39 is 0 Å². The summed E-state index contributed by atoms with van der Waals surface area (Å²) in [5.74, 6) is 2.01. The topological polar surface area (TPSA) is 83.8 Å². The van der Waals surface area contributed by atoms with Crippen molar-refractivity contribution in [1.29, 1.82) is 5.26 Å². The highest BCUT2D eigenvalue weighted by Gasteiger charge is 2.20. The number of carbonyl (C=O) groups is 1. The van der Waals surface area contributed by atoms with Crippen molar-refractivity contribution in [3.8, 4) is 23.3 Å². The number of anilines is 1. The number of nitriles is 1. The molecule has 0 atom stereocenters. The number of nitrogens with one attached hydrogen (secondary N) is 1. The Morgan fingerprint density at radius 2 is 1.84 bits per heavy atom. The van der Waals surface area contributed by atoms with E-state index in [4.69, 9.17) is 19.5 Å². The number of methoxy groups -OCH3 is 2. The van der Waals surface area contributed by atoms with Gasteiger partial charge in [-0.05, 0) is 55.7 Å². The van der Waals surface area contributed by atoms with Crippen LogP contribution in [-0.4, -0.2) is 45.9 Å². The second kappa shape index (κ2) is 11.1. The zero-order chi connectivity index (χ0) is 22.1. The Morgan fingerprint density at radius 1 is 1.10 bits per heavy atom. The van der Waals surface area contributed by atoms with Gasteiger partial charge < -0.3 is 24.4 Å². The summed E-state index contributed by atoms with van der Waals surface area (Å²) in [4.78, 5) is 14.6. The van der Waals surface area contributed by atoms with Crippen molar-refractivity contribution in [2.75, 3.05) is 38.8 Å². The van der Waals surface area contributed by atoms with Crippen molar-refractivity contribution in [3.63, 3.8) is 0 Å². The average Bonchev–Trinajstić information content (AvgIpc) is 2.82. The molecule has 1 aliphatic rings. The molecule has 1 aliphatic heterocycles. The zero-order valence-electron chi connectivity index (χ0n) is 18.1. The number of hydrogen-bond acceptors (Lipinski definition) is 6. The van der Waals surface area contributed by atoms with Crippen molar-refractivity contribution < 1.29 is 19.0 Å². The molecular formula is C24H29N3O4. The summed E-state index contributed by atoms with van der Waals surface area (Å²) >= 11 is 0. The van der Waals surface area contributed by atoms with E-state index in [2.05, 4.69) is 28.4 Å². The molecule has 1 saturated heterocycles. The first-order chi connectivity index (χ1) is 15.1. The maximum atomic E-state index is 12.3. The van der Waals surface area contributed by atoms with E-state index in [0.717, 1.165) is 31.7 Å². The summed E-state index contributed by atoms with van der Waals surface area (Å²) in [5, 5.41) is 12.1. The molecule has 0 radical (unpaired) electrons. The van der Waals surface area contributed by atoms with E-state index in [-0.39, 0.29) is 11.9 Å². The standard InChI is InChI=1S/C24H29N3O4/c1-29-21-8-6-20(7-9-21)27-13-11-19(12-14-27)26-24(28)4-3-15-31-22-10-5-18(17-25)16-23(22)30-2/h5-10,16,19H,3-4,11-15H2,1-2H3,(H,26,28). The number of carbonyl (C=O) groups excluding carboxylic acids is 1. The molecule has 2 aromatic carbocycles. The molecule has 2 aromatic rings. The number of rotatable bonds is 9. The van der Waals surface area contributed by atoms with Crippen molar-refractivity contribution in [1.82, 2.24) is 5.32 Å². The molecule has 0 spiro atoms. The van der Waals surface area contributed by atoms with Crippen molar-refractivity contribution >= 4 is 11.6 Å². The number of piperidine rings is 1. The highest BCUT2D eigenvalue weighted by Crippen LogP contribution is 2.28. The Labute approximate surface area is 183 Å². The van der Waals surface area contributed by atoms with E-state index in [1.807, 2.05) is 12.1 Å².